The van der Waals surface area contributed by atoms with Gasteiger partial charge in [-0.05, 0) is 42.4 Å². The average molecular weight is 269 g/mol. The minimum atomic E-state index is 0.179. The highest BCUT2D eigenvalue weighted by atomic mass is 15.3. The van der Waals surface area contributed by atoms with Gasteiger partial charge in [0.05, 0.1) is 5.69 Å². The van der Waals surface area contributed by atoms with Gasteiger partial charge in [0.25, 0.3) is 0 Å². The molecule has 1 aliphatic carbocycles. The van der Waals surface area contributed by atoms with E-state index in [1.807, 2.05) is 11.7 Å². The van der Waals surface area contributed by atoms with Crippen LogP contribution in [0, 0.1) is 0 Å². The molecule has 3 rings (SSSR count). The third kappa shape index (κ3) is 2.38. The van der Waals surface area contributed by atoms with E-state index in [-0.39, 0.29) is 6.04 Å². The zero-order valence-electron chi connectivity index (χ0n) is 12.3. The summed E-state index contributed by atoms with van der Waals surface area (Å²) in [6.07, 6.45) is 4.23. The van der Waals surface area contributed by atoms with Gasteiger partial charge < -0.3 is 5.73 Å². The van der Waals surface area contributed by atoms with Crippen LogP contribution in [0.4, 0.5) is 0 Å². The monoisotopic (exact) mass is 269 g/mol. The molecule has 2 unspecified atom stereocenters. The standard InChI is InChI=1S/C17H23N3/c1-3-13-10-14(20(2)19-13)11-17(18)16-9-8-12-6-4-5-7-15(12)16/h4-7,10,16-17H,3,8-9,11,18H2,1-2H3. The molecule has 106 valence electrons. The van der Waals surface area contributed by atoms with Crippen LogP contribution < -0.4 is 5.73 Å². The summed E-state index contributed by atoms with van der Waals surface area (Å²) < 4.78 is 1.99. The SMILES string of the molecule is CCc1cc(CC(N)C2CCc3ccccc32)n(C)n1. The van der Waals surface area contributed by atoms with Crippen LogP contribution in [0.1, 0.15) is 41.8 Å². The molecule has 0 saturated heterocycles. The van der Waals surface area contributed by atoms with Crippen LogP contribution >= 0.6 is 0 Å². The van der Waals surface area contributed by atoms with Gasteiger partial charge in [-0.25, -0.2) is 0 Å². The maximum absolute atomic E-state index is 6.50. The van der Waals surface area contributed by atoms with Crippen molar-refractivity contribution in [1.82, 2.24) is 9.78 Å². The van der Waals surface area contributed by atoms with E-state index in [9.17, 15) is 0 Å². The van der Waals surface area contributed by atoms with E-state index in [0.29, 0.717) is 5.92 Å². The van der Waals surface area contributed by atoms with Gasteiger partial charge in [0, 0.05) is 25.2 Å². The Balaban J connectivity index is 1.77. The molecule has 3 heteroatoms. The van der Waals surface area contributed by atoms with Crippen molar-refractivity contribution in [2.24, 2.45) is 12.8 Å². The number of nitrogens with two attached hydrogens (primary N) is 1. The molecule has 2 atom stereocenters. The molecular weight excluding hydrogens is 246 g/mol. The van der Waals surface area contributed by atoms with Gasteiger partial charge in [0.2, 0.25) is 0 Å². The van der Waals surface area contributed by atoms with Gasteiger partial charge in [-0.2, -0.15) is 5.10 Å². The average Bonchev–Trinajstić information content (AvgIpc) is 3.03. The fourth-order valence-corrected chi connectivity index (χ4v) is 3.35. The molecule has 3 nitrogen and oxygen atoms in total. The van der Waals surface area contributed by atoms with Gasteiger partial charge in [0.1, 0.15) is 0 Å². The first kappa shape index (κ1) is 13.4. The number of hydrogen-bond donors (Lipinski definition) is 1. The Kier molecular flexibility index (Phi) is 3.62. The van der Waals surface area contributed by atoms with Crippen LogP contribution in [0.3, 0.4) is 0 Å². The highest BCUT2D eigenvalue weighted by Crippen LogP contribution is 2.35. The number of benzene rings is 1. The topological polar surface area (TPSA) is 43.8 Å². The van der Waals surface area contributed by atoms with E-state index in [4.69, 9.17) is 5.73 Å². The van der Waals surface area contributed by atoms with Gasteiger partial charge >= 0.3 is 0 Å². The molecule has 2 N–H and O–H groups in total. The lowest BCUT2D eigenvalue weighted by molar-refractivity contribution is 0.509. The van der Waals surface area contributed by atoms with Crippen molar-refractivity contribution >= 4 is 0 Å². The zero-order valence-corrected chi connectivity index (χ0v) is 12.3. The molecule has 0 amide bonds. The lowest BCUT2D eigenvalue weighted by atomic mass is 9.91. The summed E-state index contributed by atoms with van der Waals surface area (Å²) in [5, 5.41) is 4.51. The minimum absolute atomic E-state index is 0.179. The van der Waals surface area contributed by atoms with Crippen molar-refractivity contribution in [3.05, 3.63) is 52.8 Å². The first-order valence-electron chi connectivity index (χ1n) is 7.54. The Bertz CT molecular complexity index is 600. The second kappa shape index (κ2) is 5.41. The quantitative estimate of drug-likeness (QED) is 0.927. The summed E-state index contributed by atoms with van der Waals surface area (Å²) >= 11 is 0. The van der Waals surface area contributed by atoms with E-state index in [2.05, 4.69) is 42.4 Å². The summed E-state index contributed by atoms with van der Waals surface area (Å²) in [5.41, 5.74) is 11.8. The summed E-state index contributed by atoms with van der Waals surface area (Å²) in [6, 6.07) is 11.1. The molecule has 0 saturated carbocycles. The van der Waals surface area contributed by atoms with Gasteiger partial charge in [-0.1, -0.05) is 31.2 Å². The van der Waals surface area contributed by atoms with Crippen molar-refractivity contribution in [2.45, 2.75) is 44.6 Å². The minimum Gasteiger partial charge on any atom is -0.327 e. The fraction of sp³-hybridized carbons (Fsp3) is 0.471. The van der Waals surface area contributed by atoms with E-state index in [1.165, 1.54) is 29.7 Å². The predicted octanol–water partition coefficient (Wildman–Crippen LogP) is 2.58. The summed E-state index contributed by atoms with van der Waals surface area (Å²) in [6.45, 7) is 2.14. The molecule has 1 aromatic carbocycles. The fourth-order valence-electron chi connectivity index (χ4n) is 3.35. The zero-order chi connectivity index (χ0) is 14.1. The Morgan fingerprint density at radius 3 is 2.95 bits per heavy atom. The van der Waals surface area contributed by atoms with E-state index < -0.39 is 0 Å². The van der Waals surface area contributed by atoms with Crippen molar-refractivity contribution in [3.63, 3.8) is 0 Å². The van der Waals surface area contributed by atoms with Gasteiger partial charge in [-0.15, -0.1) is 0 Å². The summed E-state index contributed by atoms with van der Waals surface area (Å²) in [7, 11) is 2.02. The molecule has 1 aliphatic rings. The van der Waals surface area contributed by atoms with E-state index >= 15 is 0 Å². The van der Waals surface area contributed by atoms with Crippen molar-refractivity contribution in [2.75, 3.05) is 0 Å². The molecule has 20 heavy (non-hydrogen) atoms. The molecular formula is C17H23N3. The van der Waals surface area contributed by atoms with Crippen molar-refractivity contribution < 1.29 is 0 Å². The second-order valence-electron chi connectivity index (χ2n) is 5.82. The van der Waals surface area contributed by atoms with Crippen LogP contribution in [0.5, 0.6) is 0 Å². The van der Waals surface area contributed by atoms with Gasteiger partial charge in [-0.3, -0.25) is 4.68 Å². The molecule has 0 spiro atoms. The smallest absolute Gasteiger partial charge is 0.0624 e. The normalized spacial score (nSPS) is 19.1. The predicted molar refractivity (Wildman–Crippen MR) is 81.8 cm³/mol. The molecule has 0 aliphatic heterocycles. The third-order valence-electron chi connectivity index (χ3n) is 4.53. The summed E-state index contributed by atoms with van der Waals surface area (Å²) in [5.74, 6) is 0.492. The Labute approximate surface area is 120 Å². The van der Waals surface area contributed by atoms with Crippen LogP contribution in [0.2, 0.25) is 0 Å². The third-order valence-corrected chi connectivity index (χ3v) is 4.53. The number of nitrogens with zero attached hydrogens (tertiary/aromatic N) is 2. The number of hydrogen-bond acceptors (Lipinski definition) is 2. The first-order chi connectivity index (χ1) is 9.69. The van der Waals surface area contributed by atoms with Crippen molar-refractivity contribution in [1.29, 1.82) is 0 Å². The van der Waals surface area contributed by atoms with E-state index in [0.717, 1.165) is 18.5 Å². The van der Waals surface area contributed by atoms with Crippen molar-refractivity contribution in [3.8, 4) is 0 Å². The number of aromatic nitrogens is 2. The number of rotatable bonds is 4. The first-order valence-corrected chi connectivity index (χ1v) is 7.54. The summed E-state index contributed by atoms with van der Waals surface area (Å²) in [4.78, 5) is 0. The van der Waals surface area contributed by atoms with Crippen LogP contribution in [0.25, 0.3) is 0 Å². The lowest BCUT2D eigenvalue weighted by Gasteiger charge is -2.20. The molecule has 0 bridgehead atoms. The highest BCUT2D eigenvalue weighted by Gasteiger charge is 2.27. The molecule has 0 radical (unpaired) electrons. The number of fused-ring (bicyclic) bond motifs is 1. The molecule has 1 heterocycles. The molecule has 1 aromatic heterocycles. The second-order valence-corrected chi connectivity index (χ2v) is 5.82. The van der Waals surface area contributed by atoms with Crippen LogP contribution in [0.15, 0.2) is 30.3 Å². The Morgan fingerprint density at radius 1 is 1.40 bits per heavy atom. The maximum atomic E-state index is 6.50. The van der Waals surface area contributed by atoms with Gasteiger partial charge in [0.15, 0.2) is 0 Å². The Hall–Kier alpha value is -1.61. The lowest BCUT2D eigenvalue weighted by Crippen LogP contribution is -2.30. The maximum Gasteiger partial charge on any atom is 0.0624 e. The van der Waals surface area contributed by atoms with Crippen LogP contribution in [-0.4, -0.2) is 15.8 Å². The highest BCUT2D eigenvalue weighted by molar-refractivity contribution is 5.36. The largest absolute Gasteiger partial charge is 0.327 e. The van der Waals surface area contributed by atoms with E-state index in [1.54, 1.807) is 0 Å². The van der Waals surface area contributed by atoms with Crippen LogP contribution in [-0.2, 0) is 26.3 Å². The molecule has 0 fully saturated rings. The number of aryl methyl sites for hydroxylation is 3. The molecule has 2 aromatic rings. The Morgan fingerprint density at radius 2 is 2.20 bits per heavy atom.